The Morgan fingerprint density at radius 2 is 1.78 bits per heavy atom. The number of nitrogens with zero attached hydrogens (tertiary/aromatic N) is 1. The summed E-state index contributed by atoms with van der Waals surface area (Å²) in [4.78, 5) is 45.5. The lowest BCUT2D eigenvalue weighted by Crippen LogP contribution is -2.37. The first kappa shape index (κ1) is 23.2. The molecule has 0 aliphatic heterocycles. The summed E-state index contributed by atoms with van der Waals surface area (Å²) in [6.07, 6.45) is 2.00. The van der Waals surface area contributed by atoms with E-state index in [1.165, 1.54) is 13.1 Å². The first-order valence-corrected chi connectivity index (χ1v) is 10.4. The van der Waals surface area contributed by atoms with Crippen molar-refractivity contribution < 1.29 is 28.7 Å². The molecule has 0 saturated heterocycles. The van der Waals surface area contributed by atoms with Gasteiger partial charge in [0.25, 0.3) is 5.78 Å². The van der Waals surface area contributed by atoms with E-state index in [-0.39, 0.29) is 24.5 Å². The van der Waals surface area contributed by atoms with Gasteiger partial charge in [-0.25, -0.2) is 5.06 Å². The van der Waals surface area contributed by atoms with E-state index in [1.807, 2.05) is 30.3 Å². The second-order valence-electron chi connectivity index (χ2n) is 7.03. The van der Waals surface area contributed by atoms with Crippen LogP contribution in [0.15, 0.2) is 54.7 Å². The minimum atomic E-state index is -0.795. The highest BCUT2D eigenvalue weighted by Gasteiger charge is 2.27. The van der Waals surface area contributed by atoms with Gasteiger partial charge in [0.05, 0.1) is 24.2 Å². The number of esters is 1. The van der Waals surface area contributed by atoms with Gasteiger partial charge >= 0.3 is 11.9 Å². The lowest BCUT2D eigenvalue weighted by molar-refractivity contribution is -0.180. The maximum Gasteiger partial charge on any atom is 0.318 e. The Bertz CT molecular complexity index is 1080. The van der Waals surface area contributed by atoms with Crippen molar-refractivity contribution in [1.82, 2.24) is 10.0 Å². The summed E-state index contributed by atoms with van der Waals surface area (Å²) in [7, 11) is 0. The molecule has 1 aromatic heterocycles. The topological polar surface area (TPSA) is 97.9 Å². The van der Waals surface area contributed by atoms with Gasteiger partial charge in [-0.3, -0.25) is 19.2 Å². The number of likely N-dealkylation sites (N-methyl/N-ethyl adjacent to an activating group) is 1. The number of nitrogens with one attached hydrogen (secondary N) is 1. The smallest absolute Gasteiger partial charge is 0.318 e. The van der Waals surface area contributed by atoms with Crippen molar-refractivity contribution in [3.8, 4) is 5.75 Å². The number of fused-ring (bicyclic) bond motifs is 1. The van der Waals surface area contributed by atoms with Gasteiger partial charge in [-0.2, -0.15) is 0 Å². The van der Waals surface area contributed by atoms with E-state index < -0.39 is 17.7 Å². The van der Waals surface area contributed by atoms with Crippen molar-refractivity contribution in [1.29, 1.82) is 0 Å². The van der Waals surface area contributed by atoms with Gasteiger partial charge in [0.2, 0.25) is 0 Å². The average molecular weight is 438 g/mol. The number of aromatic nitrogens is 1. The fourth-order valence-corrected chi connectivity index (χ4v) is 3.19. The van der Waals surface area contributed by atoms with Crippen LogP contribution in [0.4, 0.5) is 0 Å². The van der Waals surface area contributed by atoms with Crippen LogP contribution >= 0.6 is 0 Å². The summed E-state index contributed by atoms with van der Waals surface area (Å²) in [5, 5.41) is 1.42. The number of H-pyrrole nitrogens is 1. The number of aromatic amines is 1. The van der Waals surface area contributed by atoms with Crippen LogP contribution in [0.5, 0.6) is 5.75 Å². The normalized spacial score (nSPS) is 10.8. The fraction of sp³-hybridized carbons (Fsp3) is 0.292. The molecule has 8 heteroatoms. The molecule has 0 radical (unpaired) electrons. The average Bonchev–Trinajstić information content (AvgIpc) is 3.23. The molecule has 1 amide bonds. The van der Waals surface area contributed by atoms with Crippen molar-refractivity contribution in [2.24, 2.45) is 0 Å². The Hall–Kier alpha value is -3.49. The molecule has 0 aliphatic carbocycles. The van der Waals surface area contributed by atoms with Crippen molar-refractivity contribution in [3.05, 3.63) is 65.9 Å². The van der Waals surface area contributed by atoms with Gasteiger partial charge in [0.1, 0.15) is 5.75 Å². The largest absolute Gasteiger partial charge is 0.426 e. The molecular weight excluding hydrogens is 412 g/mol. The van der Waals surface area contributed by atoms with E-state index in [2.05, 4.69) is 4.98 Å². The molecule has 32 heavy (non-hydrogen) atoms. The minimum Gasteiger partial charge on any atom is -0.426 e. The summed E-state index contributed by atoms with van der Waals surface area (Å²) >= 11 is 0. The lowest BCUT2D eigenvalue weighted by atomic mass is 10.1. The second kappa shape index (κ2) is 11.2. The Morgan fingerprint density at radius 3 is 2.50 bits per heavy atom. The van der Waals surface area contributed by atoms with Crippen LogP contribution in [0.25, 0.3) is 10.9 Å². The molecule has 3 aromatic rings. The standard InChI is InChI=1S/C24H26N2O6/c1-3-26(31-14-8-13-30-16-18-9-5-4-6-10-18)24(29)23(28)19-15-25-20-11-7-12-21(22(19)20)32-17(2)27/h4-7,9-12,15,25H,3,8,13-14,16H2,1-2H3. The van der Waals surface area contributed by atoms with Crippen LogP contribution in [-0.2, 0) is 25.8 Å². The van der Waals surface area contributed by atoms with Crippen LogP contribution in [-0.4, -0.2) is 47.5 Å². The van der Waals surface area contributed by atoms with Crippen LogP contribution in [0.3, 0.4) is 0 Å². The van der Waals surface area contributed by atoms with E-state index in [0.29, 0.717) is 30.5 Å². The predicted molar refractivity (Wildman–Crippen MR) is 118 cm³/mol. The zero-order valence-electron chi connectivity index (χ0n) is 18.1. The highest BCUT2D eigenvalue weighted by atomic mass is 16.7. The number of amides is 1. The molecule has 0 atom stereocenters. The Balaban J connectivity index is 1.57. The highest BCUT2D eigenvalue weighted by molar-refractivity contribution is 6.44. The van der Waals surface area contributed by atoms with Crippen LogP contribution in [0.2, 0.25) is 0 Å². The van der Waals surface area contributed by atoms with Crippen molar-refractivity contribution >= 4 is 28.6 Å². The molecule has 2 aromatic carbocycles. The quantitative estimate of drug-likeness (QED) is 0.123. The molecule has 1 heterocycles. The zero-order valence-corrected chi connectivity index (χ0v) is 18.1. The van der Waals surface area contributed by atoms with Crippen LogP contribution in [0.1, 0.15) is 36.2 Å². The number of hydroxylamine groups is 2. The molecule has 1 N–H and O–H groups in total. The minimum absolute atomic E-state index is 0.120. The van der Waals surface area contributed by atoms with Crippen molar-refractivity contribution in [3.63, 3.8) is 0 Å². The summed E-state index contributed by atoms with van der Waals surface area (Å²) in [6, 6.07) is 14.8. The van der Waals surface area contributed by atoms with E-state index in [4.69, 9.17) is 14.3 Å². The molecule has 0 unspecified atom stereocenters. The predicted octanol–water partition coefficient (Wildman–Crippen LogP) is 3.66. The number of ketones is 1. The Morgan fingerprint density at radius 1 is 1.00 bits per heavy atom. The first-order chi connectivity index (χ1) is 15.5. The molecule has 0 aliphatic rings. The van der Waals surface area contributed by atoms with E-state index in [9.17, 15) is 14.4 Å². The summed E-state index contributed by atoms with van der Waals surface area (Å²) in [5.74, 6) is -1.85. The molecule has 3 rings (SSSR count). The number of rotatable bonds is 11. The maximum atomic E-state index is 12.9. The number of carbonyl (C=O) groups excluding carboxylic acids is 3. The number of benzene rings is 2. The highest BCUT2D eigenvalue weighted by Crippen LogP contribution is 2.29. The van der Waals surface area contributed by atoms with E-state index in [1.54, 1.807) is 25.1 Å². The van der Waals surface area contributed by atoms with Crippen LogP contribution < -0.4 is 4.74 Å². The molecule has 8 nitrogen and oxygen atoms in total. The number of hydrogen-bond donors (Lipinski definition) is 1. The molecular formula is C24H26N2O6. The number of carbonyl (C=O) groups is 3. The first-order valence-electron chi connectivity index (χ1n) is 10.4. The monoisotopic (exact) mass is 438 g/mol. The SMILES string of the molecule is CCN(OCCCOCc1ccccc1)C(=O)C(=O)c1c[nH]c2cccc(OC(C)=O)c12. The second-order valence-corrected chi connectivity index (χ2v) is 7.03. The molecule has 0 bridgehead atoms. The van der Waals surface area contributed by atoms with Gasteiger partial charge in [0.15, 0.2) is 0 Å². The van der Waals surface area contributed by atoms with Gasteiger partial charge in [0, 0.05) is 31.8 Å². The van der Waals surface area contributed by atoms with Crippen molar-refractivity contribution in [2.75, 3.05) is 19.8 Å². The van der Waals surface area contributed by atoms with Crippen molar-refractivity contribution in [2.45, 2.75) is 26.9 Å². The van der Waals surface area contributed by atoms with E-state index >= 15 is 0 Å². The van der Waals surface area contributed by atoms with Gasteiger partial charge in [-0.15, -0.1) is 0 Å². The third kappa shape index (κ3) is 5.81. The lowest BCUT2D eigenvalue weighted by Gasteiger charge is -2.19. The fourth-order valence-electron chi connectivity index (χ4n) is 3.19. The van der Waals surface area contributed by atoms with E-state index in [0.717, 1.165) is 10.6 Å². The summed E-state index contributed by atoms with van der Waals surface area (Å²) < 4.78 is 10.8. The van der Waals surface area contributed by atoms with Gasteiger partial charge < -0.3 is 14.5 Å². The summed E-state index contributed by atoms with van der Waals surface area (Å²) in [5.41, 5.74) is 1.78. The van der Waals surface area contributed by atoms with Gasteiger partial charge in [-0.1, -0.05) is 36.4 Å². The number of hydrogen-bond acceptors (Lipinski definition) is 6. The number of Topliss-reactive ketones (excluding diaryl/α,β-unsaturated/α-hetero) is 1. The maximum absolute atomic E-state index is 12.9. The third-order valence-corrected chi connectivity index (χ3v) is 4.67. The Labute approximate surface area is 186 Å². The van der Waals surface area contributed by atoms with Gasteiger partial charge in [-0.05, 0) is 31.0 Å². The third-order valence-electron chi connectivity index (χ3n) is 4.67. The Kier molecular flexibility index (Phi) is 8.13. The molecule has 168 valence electrons. The molecule has 0 spiro atoms. The molecule has 0 saturated carbocycles. The van der Waals surface area contributed by atoms with Crippen LogP contribution in [0, 0.1) is 0 Å². The summed E-state index contributed by atoms with van der Waals surface area (Å²) in [6.45, 7) is 4.39. The molecule has 0 fully saturated rings. The number of ether oxygens (including phenoxy) is 2. The zero-order chi connectivity index (χ0) is 22.9.